The highest BCUT2D eigenvalue weighted by atomic mass is 31.2. The van der Waals surface area contributed by atoms with Crippen LogP contribution in [0, 0.1) is 5.92 Å². The van der Waals surface area contributed by atoms with Crippen molar-refractivity contribution in [3.8, 4) is 0 Å². The summed E-state index contributed by atoms with van der Waals surface area (Å²) in [7, 11) is -2.91. The average molecular weight is 405 g/mol. The molecule has 4 heteroatoms. The summed E-state index contributed by atoms with van der Waals surface area (Å²) in [5, 5.41) is 0. The second-order valence-electron chi connectivity index (χ2n) is 8.06. The van der Waals surface area contributed by atoms with Crippen molar-refractivity contribution in [2.24, 2.45) is 5.92 Å². The van der Waals surface area contributed by atoms with Crippen molar-refractivity contribution in [3.05, 3.63) is 0 Å². The van der Waals surface area contributed by atoms with Gasteiger partial charge in [-0.2, -0.15) is 0 Å². The highest BCUT2D eigenvalue weighted by molar-refractivity contribution is 7.53. The zero-order chi connectivity index (χ0) is 20.2. The number of hydrogen-bond donors (Lipinski definition) is 0. The first-order chi connectivity index (χ1) is 13.1. The van der Waals surface area contributed by atoms with Crippen LogP contribution in [-0.4, -0.2) is 19.4 Å². The van der Waals surface area contributed by atoms with Crippen molar-refractivity contribution in [1.82, 2.24) is 0 Å². The third kappa shape index (κ3) is 16.8. The Hall–Kier alpha value is 0.150. The molecule has 164 valence electrons. The predicted molar refractivity (Wildman–Crippen MR) is 120 cm³/mol. The molecule has 0 bridgehead atoms. The van der Waals surface area contributed by atoms with Crippen molar-refractivity contribution in [3.63, 3.8) is 0 Å². The van der Waals surface area contributed by atoms with E-state index in [1.165, 1.54) is 70.6 Å². The molecule has 0 spiro atoms. The van der Waals surface area contributed by atoms with Crippen LogP contribution in [0.5, 0.6) is 0 Å². The molecule has 0 fully saturated rings. The second-order valence-corrected chi connectivity index (χ2v) is 10.2. The topological polar surface area (TPSA) is 35.5 Å². The Labute approximate surface area is 170 Å². The fourth-order valence-corrected chi connectivity index (χ4v) is 5.13. The maximum atomic E-state index is 13.1. The highest BCUT2D eigenvalue weighted by Gasteiger charge is 2.25. The Bertz CT molecular complexity index is 347. The Kier molecular flexibility index (Phi) is 19.6. The number of rotatable bonds is 21. The minimum atomic E-state index is -2.91. The molecule has 2 unspecified atom stereocenters. The van der Waals surface area contributed by atoms with Gasteiger partial charge in [-0.15, -0.1) is 0 Å². The van der Waals surface area contributed by atoms with Crippen molar-refractivity contribution in [2.45, 2.75) is 124 Å². The summed E-state index contributed by atoms with van der Waals surface area (Å²) in [5.41, 5.74) is 0. The number of unbranched alkanes of at least 4 members (excludes halogenated alkanes) is 10. The molecule has 3 nitrogen and oxygen atoms in total. The molecule has 0 aromatic heterocycles. The minimum absolute atomic E-state index is 0.510. The second kappa shape index (κ2) is 19.5. The zero-order valence-electron chi connectivity index (χ0n) is 19.0. The zero-order valence-corrected chi connectivity index (χ0v) is 19.9. The van der Waals surface area contributed by atoms with Crippen LogP contribution in [0.15, 0.2) is 0 Å². The highest BCUT2D eigenvalue weighted by Crippen LogP contribution is 2.49. The Balaban J connectivity index is 4.01. The minimum Gasteiger partial charge on any atom is -0.309 e. The average Bonchev–Trinajstić information content (AvgIpc) is 2.68. The largest absolute Gasteiger partial charge is 0.330 e. The molecule has 0 aromatic rings. The van der Waals surface area contributed by atoms with Gasteiger partial charge in [0.1, 0.15) is 0 Å². The summed E-state index contributed by atoms with van der Waals surface area (Å²) in [6, 6.07) is 0. The normalized spacial score (nSPS) is 15.0. The molecular formula is C23H49O3P. The van der Waals surface area contributed by atoms with E-state index in [1.54, 1.807) is 0 Å². The first kappa shape index (κ1) is 27.1. The van der Waals surface area contributed by atoms with Crippen LogP contribution in [-0.2, 0) is 13.6 Å². The first-order valence-corrected chi connectivity index (χ1v) is 13.7. The van der Waals surface area contributed by atoms with Gasteiger partial charge in [-0.3, -0.25) is 4.57 Å². The molecule has 0 saturated carbocycles. The molecule has 0 rings (SSSR count). The molecule has 0 radical (unpaired) electrons. The van der Waals surface area contributed by atoms with Gasteiger partial charge in [0.05, 0.1) is 19.4 Å². The molecule has 0 aliphatic heterocycles. The fourth-order valence-electron chi connectivity index (χ4n) is 3.25. The van der Waals surface area contributed by atoms with E-state index in [-0.39, 0.29) is 0 Å². The van der Waals surface area contributed by atoms with E-state index in [9.17, 15) is 4.57 Å². The molecule has 0 N–H and O–H groups in total. The van der Waals surface area contributed by atoms with Gasteiger partial charge < -0.3 is 9.05 Å². The van der Waals surface area contributed by atoms with Crippen LogP contribution in [0.1, 0.15) is 124 Å². The Morgan fingerprint density at radius 1 is 0.667 bits per heavy atom. The Morgan fingerprint density at radius 3 is 1.78 bits per heavy atom. The van der Waals surface area contributed by atoms with Crippen molar-refractivity contribution >= 4 is 7.60 Å². The standard InChI is InChI=1S/C23H49O3P/c1-5-9-12-13-14-15-16-17-18-20-25-27(24,21-11-7-3)26-22-23(8-4)19-10-6-2/h23H,5-22H2,1-4H3. The van der Waals surface area contributed by atoms with E-state index in [0.29, 0.717) is 25.3 Å². The molecule has 0 heterocycles. The molecule has 0 aliphatic rings. The maximum Gasteiger partial charge on any atom is 0.330 e. The molecule has 0 aliphatic carbocycles. The molecule has 2 atom stereocenters. The molecular weight excluding hydrogens is 355 g/mol. The smallest absolute Gasteiger partial charge is 0.309 e. The van der Waals surface area contributed by atoms with E-state index in [0.717, 1.165) is 25.7 Å². The van der Waals surface area contributed by atoms with Crippen molar-refractivity contribution < 1.29 is 13.6 Å². The summed E-state index contributed by atoms with van der Waals surface area (Å²) in [5.74, 6) is 0.510. The van der Waals surface area contributed by atoms with Crippen LogP contribution in [0.2, 0.25) is 0 Å². The lowest BCUT2D eigenvalue weighted by molar-refractivity contribution is 0.169. The molecule has 27 heavy (non-hydrogen) atoms. The lowest BCUT2D eigenvalue weighted by atomic mass is 10.0. The lowest BCUT2D eigenvalue weighted by Gasteiger charge is -2.22. The third-order valence-corrected chi connectivity index (χ3v) is 7.35. The summed E-state index contributed by atoms with van der Waals surface area (Å²) in [6.45, 7) is 9.98. The van der Waals surface area contributed by atoms with E-state index >= 15 is 0 Å². The van der Waals surface area contributed by atoms with Crippen LogP contribution in [0.4, 0.5) is 0 Å². The first-order valence-electron chi connectivity index (χ1n) is 12.0. The summed E-state index contributed by atoms with van der Waals surface area (Å²) >= 11 is 0. The SMILES string of the molecule is CCCCCCCCCCCOP(=O)(CCCC)OCC(CC)CCCC. The van der Waals surface area contributed by atoms with Crippen LogP contribution >= 0.6 is 7.60 Å². The molecule has 0 amide bonds. The van der Waals surface area contributed by atoms with Gasteiger partial charge in [0.25, 0.3) is 0 Å². The summed E-state index contributed by atoms with van der Waals surface area (Å²) in [4.78, 5) is 0. The van der Waals surface area contributed by atoms with Gasteiger partial charge in [0, 0.05) is 0 Å². The van der Waals surface area contributed by atoms with Gasteiger partial charge in [-0.1, -0.05) is 105 Å². The van der Waals surface area contributed by atoms with Crippen molar-refractivity contribution in [2.75, 3.05) is 19.4 Å². The number of hydrogen-bond acceptors (Lipinski definition) is 3. The summed E-state index contributed by atoms with van der Waals surface area (Å²) < 4.78 is 24.8. The summed E-state index contributed by atoms with van der Waals surface area (Å²) in [6.07, 6.45) is 18.8. The van der Waals surface area contributed by atoms with Gasteiger partial charge in [-0.25, -0.2) is 0 Å². The Morgan fingerprint density at radius 2 is 1.22 bits per heavy atom. The van der Waals surface area contributed by atoms with E-state index < -0.39 is 7.60 Å². The van der Waals surface area contributed by atoms with Gasteiger partial charge in [0.2, 0.25) is 0 Å². The van der Waals surface area contributed by atoms with E-state index in [1.807, 2.05) is 0 Å². The molecule has 0 saturated heterocycles. The maximum absolute atomic E-state index is 13.1. The fraction of sp³-hybridized carbons (Fsp3) is 1.00. The molecule has 0 aromatic carbocycles. The third-order valence-electron chi connectivity index (χ3n) is 5.37. The van der Waals surface area contributed by atoms with Gasteiger partial charge in [0.15, 0.2) is 0 Å². The van der Waals surface area contributed by atoms with Crippen LogP contribution in [0.3, 0.4) is 0 Å². The van der Waals surface area contributed by atoms with Crippen molar-refractivity contribution in [1.29, 1.82) is 0 Å². The van der Waals surface area contributed by atoms with Gasteiger partial charge >= 0.3 is 7.60 Å². The van der Waals surface area contributed by atoms with Crippen LogP contribution in [0.25, 0.3) is 0 Å². The quantitative estimate of drug-likeness (QED) is 0.142. The monoisotopic (exact) mass is 404 g/mol. The van der Waals surface area contributed by atoms with E-state index in [4.69, 9.17) is 9.05 Å². The van der Waals surface area contributed by atoms with E-state index in [2.05, 4.69) is 27.7 Å². The van der Waals surface area contributed by atoms with Gasteiger partial charge in [-0.05, 0) is 25.2 Å². The van der Waals surface area contributed by atoms with Crippen LogP contribution < -0.4 is 0 Å². The predicted octanol–water partition coefficient (Wildman–Crippen LogP) is 8.76. The lowest BCUT2D eigenvalue weighted by Crippen LogP contribution is -2.10.